The Balaban J connectivity index is 1.57. The Morgan fingerprint density at radius 2 is 1.68 bits per heavy atom. The van der Waals surface area contributed by atoms with Crippen LogP contribution in [0.25, 0.3) is 0 Å². The summed E-state index contributed by atoms with van der Waals surface area (Å²) in [6.07, 6.45) is 16.4. The maximum atomic E-state index is 12.9. The summed E-state index contributed by atoms with van der Waals surface area (Å²) in [6, 6.07) is 0. The van der Waals surface area contributed by atoms with E-state index in [0.29, 0.717) is 35.4 Å². The molecule has 0 unspecified atom stereocenters. The lowest BCUT2D eigenvalue weighted by Gasteiger charge is -2.72. The van der Waals surface area contributed by atoms with Gasteiger partial charge in [0.25, 0.3) is 0 Å². The van der Waals surface area contributed by atoms with Crippen LogP contribution < -0.4 is 0 Å². The first kappa shape index (κ1) is 24.6. The highest BCUT2D eigenvalue weighted by Crippen LogP contribution is 2.77. The van der Waals surface area contributed by atoms with Crippen LogP contribution in [0.15, 0.2) is 12.2 Å². The third-order valence-corrected chi connectivity index (χ3v) is 13.6. The SMILES string of the molecule is C#C[C@@H](O)[C@]12CC[C@@H](C(=C)C)[C@@H]1[C@H]1CC[C@@H]3[C@@]4(C)CCC(=O)C(C)(C)[C@@H]4CC[C@@]3(C)[C@]1(C)CC2. The van der Waals surface area contributed by atoms with Crippen LogP contribution in [0.5, 0.6) is 0 Å². The fourth-order valence-corrected chi connectivity index (χ4v) is 11.6. The van der Waals surface area contributed by atoms with Crippen molar-refractivity contribution in [3.63, 3.8) is 0 Å². The summed E-state index contributed by atoms with van der Waals surface area (Å²) in [6.45, 7) is 18.9. The molecular weight excluding hydrogens is 416 g/mol. The highest BCUT2D eigenvalue weighted by Gasteiger charge is 2.71. The average molecular weight is 465 g/mol. The Hall–Kier alpha value is -1.07. The summed E-state index contributed by atoms with van der Waals surface area (Å²) in [7, 11) is 0. The van der Waals surface area contributed by atoms with Gasteiger partial charge in [-0.1, -0.05) is 52.7 Å². The van der Waals surface area contributed by atoms with Gasteiger partial charge in [0.15, 0.2) is 0 Å². The Morgan fingerprint density at radius 3 is 2.32 bits per heavy atom. The van der Waals surface area contributed by atoms with Crippen molar-refractivity contribution in [2.75, 3.05) is 0 Å². The van der Waals surface area contributed by atoms with Gasteiger partial charge in [0.05, 0.1) is 0 Å². The molecule has 5 aliphatic rings. The maximum Gasteiger partial charge on any atom is 0.138 e. The molecule has 0 spiro atoms. The quantitative estimate of drug-likeness (QED) is 0.346. The minimum absolute atomic E-state index is 0.133. The monoisotopic (exact) mass is 464 g/mol. The highest BCUT2D eigenvalue weighted by atomic mass is 16.3. The van der Waals surface area contributed by atoms with Crippen molar-refractivity contribution in [1.29, 1.82) is 0 Å². The van der Waals surface area contributed by atoms with Crippen molar-refractivity contribution in [2.45, 2.75) is 112 Å². The maximum absolute atomic E-state index is 12.9. The first-order valence-corrected chi connectivity index (χ1v) is 14.1. The van der Waals surface area contributed by atoms with Crippen LogP contribution in [0.4, 0.5) is 0 Å². The molecule has 0 aliphatic heterocycles. The number of aliphatic hydroxyl groups is 1. The second-order valence-electron chi connectivity index (χ2n) is 14.6. The number of hydrogen-bond donors (Lipinski definition) is 1. The number of carbonyl (C=O) groups excluding carboxylic acids is 1. The molecule has 5 fully saturated rings. The molecule has 2 nitrogen and oxygen atoms in total. The van der Waals surface area contributed by atoms with Crippen LogP contribution in [-0.4, -0.2) is 17.0 Å². The van der Waals surface area contributed by atoms with Crippen LogP contribution in [-0.2, 0) is 4.79 Å². The molecule has 5 aliphatic carbocycles. The second kappa shape index (κ2) is 7.47. The molecule has 5 saturated carbocycles. The highest BCUT2D eigenvalue weighted by molar-refractivity contribution is 5.85. The van der Waals surface area contributed by atoms with Crippen LogP contribution >= 0.6 is 0 Å². The standard InChI is InChI=1S/C32H48O2/c1-9-25(33)32-17-12-21(20(2)3)27(32)22-10-11-24-29(6)15-14-26(34)28(4,5)23(29)13-16-31(24,8)30(22,7)18-19-32/h1,21-25,27,33H,2,10-19H2,3-8H3/t21-,22+,23-,24+,25+,27+,29-,30+,31+,32+/m0/s1. The van der Waals surface area contributed by atoms with Gasteiger partial charge in [-0.25, -0.2) is 0 Å². The zero-order valence-electron chi connectivity index (χ0n) is 22.7. The number of allylic oxidation sites excluding steroid dienone is 1. The van der Waals surface area contributed by atoms with E-state index in [4.69, 9.17) is 6.42 Å². The topological polar surface area (TPSA) is 37.3 Å². The van der Waals surface area contributed by atoms with Gasteiger partial charge < -0.3 is 5.11 Å². The Bertz CT molecular complexity index is 939. The first-order valence-electron chi connectivity index (χ1n) is 14.1. The predicted octanol–water partition coefficient (Wildman–Crippen LogP) is 7.21. The van der Waals surface area contributed by atoms with Crippen molar-refractivity contribution in [2.24, 2.45) is 56.7 Å². The van der Waals surface area contributed by atoms with Crippen molar-refractivity contribution in [3.8, 4) is 12.3 Å². The van der Waals surface area contributed by atoms with Crippen molar-refractivity contribution >= 4 is 5.78 Å². The number of fused-ring (bicyclic) bond motifs is 7. The molecule has 0 saturated heterocycles. The average Bonchev–Trinajstić information content (AvgIpc) is 3.18. The molecule has 0 heterocycles. The van der Waals surface area contributed by atoms with Gasteiger partial charge in [-0.15, -0.1) is 6.42 Å². The van der Waals surface area contributed by atoms with E-state index < -0.39 is 6.10 Å². The summed E-state index contributed by atoms with van der Waals surface area (Å²) in [5.41, 5.74) is 1.72. The van der Waals surface area contributed by atoms with E-state index in [9.17, 15) is 9.90 Å². The lowest BCUT2D eigenvalue weighted by molar-refractivity contribution is -0.238. The minimum atomic E-state index is -0.643. The largest absolute Gasteiger partial charge is 0.380 e. The van der Waals surface area contributed by atoms with Gasteiger partial charge in [0.1, 0.15) is 11.9 Å². The summed E-state index contributed by atoms with van der Waals surface area (Å²) in [5, 5.41) is 11.2. The first-order chi connectivity index (χ1) is 15.8. The molecule has 5 rings (SSSR count). The Kier molecular flexibility index (Phi) is 5.41. The number of hydrogen-bond acceptors (Lipinski definition) is 2. The van der Waals surface area contributed by atoms with Crippen LogP contribution in [0, 0.1) is 69.0 Å². The van der Waals surface area contributed by atoms with E-state index in [0.717, 1.165) is 32.1 Å². The van der Waals surface area contributed by atoms with E-state index in [1.807, 2.05) is 0 Å². The van der Waals surface area contributed by atoms with Gasteiger partial charge >= 0.3 is 0 Å². The molecule has 1 N–H and O–H groups in total. The van der Waals surface area contributed by atoms with E-state index in [-0.39, 0.29) is 27.1 Å². The number of terminal acetylenes is 1. The Morgan fingerprint density at radius 1 is 0.971 bits per heavy atom. The van der Waals surface area contributed by atoms with Gasteiger partial charge in [0.2, 0.25) is 0 Å². The van der Waals surface area contributed by atoms with Gasteiger partial charge in [-0.2, -0.15) is 0 Å². The Labute approximate surface area is 208 Å². The predicted molar refractivity (Wildman–Crippen MR) is 139 cm³/mol. The molecule has 0 amide bonds. The van der Waals surface area contributed by atoms with Crippen molar-refractivity contribution < 1.29 is 9.90 Å². The molecule has 34 heavy (non-hydrogen) atoms. The lowest BCUT2D eigenvalue weighted by atomic mass is 9.32. The van der Waals surface area contributed by atoms with Crippen molar-refractivity contribution in [3.05, 3.63) is 12.2 Å². The molecule has 188 valence electrons. The van der Waals surface area contributed by atoms with E-state index in [1.54, 1.807) is 0 Å². The molecule has 0 bridgehead atoms. The molecule has 2 heteroatoms. The normalized spacial score (nSPS) is 52.4. The molecule has 0 aromatic heterocycles. The molecule has 0 aromatic rings. The van der Waals surface area contributed by atoms with E-state index in [1.165, 1.54) is 37.7 Å². The number of ketones is 1. The number of rotatable bonds is 2. The van der Waals surface area contributed by atoms with Crippen LogP contribution in [0.3, 0.4) is 0 Å². The molecule has 0 aromatic carbocycles. The minimum Gasteiger partial charge on any atom is -0.380 e. The smallest absolute Gasteiger partial charge is 0.138 e. The van der Waals surface area contributed by atoms with E-state index in [2.05, 4.69) is 54.0 Å². The summed E-state index contributed by atoms with van der Waals surface area (Å²) in [4.78, 5) is 12.9. The molecular formula is C32H48O2. The second-order valence-corrected chi connectivity index (χ2v) is 14.6. The van der Waals surface area contributed by atoms with Crippen molar-refractivity contribution in [1.82, 2.24) is 0 Å². The summed E-state index contributed by atoms with van der Waals surface area (Å²) < 4.78 is 0. The van der Waals surface area contributed by atoms with Crippen LogP contribution in [0.1, 0.15) is 106 Å². The van der Waals surface area contributed by atoms with Gasteiger partial charge in [-0.05, 0) is 111 Å². The van der Waals surface area contributed by atoms with Gasteiger partial charge in [-0.3, -0.25) is 4.79 Å². The van der Waals surface area contributed by atoms with E-state index >= 15 is 0 Å². The van der Waals surface area contributed by atoms with Crippen LogP contribution in [0.2, 0.25) is 0 Å². The number of carbonyl (C=O) groups is 1. The van der Waals surface area contributed by atoms with Gasteiger partial charge in [0, 0.05) is 17.3 Å². The lowest BCUT2D eigenvalue weighted by Crippen LogP contribution is -2.66. The molecule has 0 radical (unpaired) electrons. The summed E-state index contributed by atoms with van der Waals surface area (Å²) in [5.74, 6) is 5.95. The zero-order valence-corrected chi connectivity index (χ0v) is 22.7. The number of Topliss-reactive ketones (excluding diaryl/α,β-unsaturated/α-hetero) is 1. The fraction of sp³-hybridized carbons (Fsp3) is 0.844. The summed E-state index contributed by atoms with van der Waals surface area (Å²) >= 11 is 0. The third-order valence-electron chi connectivity index (χ3n) is 13.6. The zero-order chi connectivity index (χ0) is 24.9. The third kappa shape index (κ3) is 2.77. The fourth-order valence-electron chi connectivity index (χ4n) is 11.6. The molecule has 10 atom stereocenters. The number of aliphatic hydroxyl groups excluding tert-OH is 1.